The molecule has 11 heteroatoms. The van der Waals surface area contributed by atoms with Crippen molar-refractivity contribution in [1.82, 2.24) is 15.0 Å². The van der Waals surface area contributed by atoms with Gasteiger partial charge in [0.1, 0.15) is 17.6 Å². The highest BCUT2D eigenvalue weighted by atomic mass is 19.4. The first kappa shape index (κ1) is 22.0. The maximum Gasteiger partial charge on any atom is 0.431 e. The Balaban J connectivity index is 2.45. The number of rotatable bonds is 5. The second kappa shape index (κ2) is 8.39. The van der Waals surface area contributed by atoms with Crippen molar-refractivity contribution in [3.8, 4) is 0 Å². The van der Waals surface area contributed by atoms with Gasteiger partial charge in [-0.1, -0.05) is 6.08 Å². The third kappa shape index (κ3) is 5.86. The molecule has 1 aromatic heterocycles. The summed E-state index contributed by atoms with van der Waals surface area (Å²) in [6.07, 6.45) is -4.14. The van der Waals surface area contributed by atoms with E-state index in [4.69, 9.17) is 4.84 Å². The van der Waals surface area contributed by atoms with Gasteiger partial charge in [0.2, 0.25) is 5.95 Å². The molecule has 1 aromatic rings. The standard InChI is InChI=1S/C17H23F4N5O2/c1-5-11(17(19,20)21)22-14-23-13(9-7-6-8-10(27)12(9)18)24-15(25-14)26-28-16(2,3)4/h5,10,27H,6-8H2,1-4H3,(H2,22,23,24,25,26). The van der Waals surface area contributed by atoms with E-state index < -0.39 is 35.4 Å². The fraction of sp³-hybridized carbons (Fsp3) is 0.588. The average Bonchev–Trinajstić information content (AvgIpc) is 2.58. The highest BCUT2D eigenvalue weighted by Crippen LogP contribution is 2.33. The van der Waals surface area contributed by atoms with E-state index >= 15 is 0 Å². The van der Waals surface area contributed by atoms with Crippen LogP contribution in [0.1, 0.15) is 52.8 Å². The number of aromatic nitrogens is 3. The second-order valence-electron chi connectivity index (χ2n) is 7.18. The van der Waals surface area contributed by atoms with Crippen molar-refractivity contribution in [1.29, 1.82) is 0 Å². The van der Waals surface area contributed by atoms with Gasteiger partial charge in [-0.3, -0.25) is 4.84 Å². The summed E-state index contributed by atoms with van der Waals surface area (Å²) in [6.45, 7) is 6.42. The molecule has 28 heavy (non-hydrogen) atoms. The van der Waals surface area contributed by atoms with Crippen LogP contribution < -0.4 is 10.8 Å². The summed E-state index contributed by atoms with van der Waals surface area (Å²) in [4.78, 5) is 17.1. The highest BCUT2D eigenvalue weighted by molar-refractivity contribution is 5.65. The largest absolute Gasteiger partial charge is 0.431 e. The molecule has 1 heterocycles. The van der Waals surface area contributed by atoms with Crippen molar-refractivity contribution in [2.24, 2.45) is 0 Å². The lowest BCUT2D eigenvalue weighted by Crippen LogP contribution is -2.25. The van der Waals surface area contributed by atoms with Crippen LogP contribution in [0.2, 0.25) is 0 Å². The summed E-state index contributed by atoms with van der Waals surface area (Å²) in [6, 6.07) is 0. The van der Waals surface area contributed by atoms with Crippen LogP contribution in [0.4, 0.5) is 29.5 Å². The molecule has 0 spiro atoms. The van der Waals surface area contributed by atoms with E-state index in [2.05, 4.69) is 25.7 Å². The van der Waals surface area contributed by atoms with Gasteiger partial charge < -0.3 is 10.4 Å². The zero-order valence-electron chi connectivity index (χ0n) is 16.0. The number of hydrogen-bond acceptors (Lipinski definition) is 7. The molecule has 0 bridgehead atoms. The summed E-state index contributed by atoms with van der Waals surface area (Å²) in [5.74, 6) is -1.60. The molecule has 1 aliphatic carbocycles. The molecule has 0 aliphatic heterocycles. The fourth-order valence-electron chi connectivity index (χ4n) is 2.38. The Labute approximate surface area is 159 Å². The smallest absolute Gasteiger partial charge is 0.386 e. The molecule has 0 radical (unpaired) electrons. The van der Waals surface area contributed by atoms with Gasteiger partial charge in [0.05, 0.1) is 5.60 Å². The minimum absolute atomic E-state index is 0.0250. The van der Waals surface area contributed by atoms with Crippen LogP contribution >= 0.6 is 0 Å². The lowest BCUT2D eigenvalue weighted by molar-refractivity contribution is -0.0904. The number of anilines is 2. The number of aliphatic hydroxyl groups excluding tert-OH is 1. The first-order valence-corrected chi connectivity index (χ1v) is 8.68. The number of aliphatic hydroxyl groups is 1. The van der Waals surface area contributed by atoms with Gasteiger partial charge in [-0.05, 0) is 47.0 Å². The highest BCUT2D eigenvalue weighted by Gasteiger charge is 2.34. The molecule has 0 saturated heterocycles. The fourth-order valence-corrected chi connectivity index (χ4v) is 2.38. The van der Waals surface area contributed by atoms with Gasteiger partial charge in [0.15, 0.2) is 5.82 Å². The zero-order chi connectivity index (χ0) is 21.1. The van der Waals surface area contributed by atoms with E-state index in [9.17, 15) is 22.7 Å². The van der Waals surface area contributed by atoms with Crippen LogP contribution in [0.5, 0.6) is 0 Å². The molecule has 0 amide bonds. The molecule has 3 N–H and O–H groups in total. The number of nitrogens with zero attached hydrogens (tertiary/aromatic N) is 3. The topological polar surface area (TPSA) is 92.2 Å². The van der Waals surface area contributed by atoms with Crippen molar-refractivity contribution in [2.45, 2.75) is 64.8 Å². The minimum atomic E-state index is -4.65. The van der Waals surface area contributed by atoms with Crippen LogP contribution in [0.3, 0.4) is 0 Å². The quantitative estimate of drug-likeness (QED) is 0.501. The zero-order valence-corrected chi connectivity index (χ0v) is 16.0. The van der Waals surface area contributed by atoms with E-state index in [0.717, 1.165) is 6.08 Å². The van der Waals surface area contributed by atoms with Crippen LogP contribution in [-0.4, -0.2) is 37.9 Å². The molecule has 1 unspecified atom stereocenters. The van der Waals surface area contributed by atoms with Crippen molar-refractivity contribution < 1.29 is 27.5 Å². The van der Waals surface area contributed by atoms with E-state index in [1.165, 1.54) is 6.92 Å². The van der Waals surface area contributed by atoms with E-state index in [-0.39, 0.29) is 30.2 Å². The Morgan fingerprint density at radius 3 is 2.39 bits per heavy atom. The van der Waals surface area contributed by atoms with Crippen molar-refractivity contribution >= 4 is 17.5 Å². The Kier molecular flexibility index (Phi) is 6.60. The third-order valence-electron chi connectivity index (χ3n) is 3.68. The van der Waals surface area contributed by atoms with E-state index in [1.54, 1.807) is 20.8 Å². The molecule has 7 nitrogen and oxygen atoms in total. The Hall–Kier alpha value is -2.27. The first-order chi connectivity index (χ1) is 12.9. The Morgan fingerprint density at radius 2 is 1.82 bits per heavy atom. The lowest BCUT2D eigenvalue weighted by atomic mass is 9.96. The van der Waals surface area contributed by atoms with Gasteiger partial charge in [0, 0.05) is 5.57 Å². The number of hydrogen-bond donors (Lipinski definition) is 3. The molecular weight excluding hydrogens is 382 g/mol. The summed E-state index contributed by atoms with van der Waals surface area (Å²) >= 11 is 0. The molecule has 0 aromatic carbocycles. The maximum absolute atomic E-state index is 14.3. The van der Waals surface area contributed by atoms with Crippen LogP contribution in [0, 0.1) is 0 Å². The molecule has 1 atom stereocenters. The third-order valence-corrected chi connectivity index (χ3v) is 3.68. The number of nitrogens with one attached hydrogen (secondary N) is 2. The molecule has 1 aliphatic rings. The summed E-state index contributed by atoms with van der Waals surface area (Å²) < 4.78 is 53.5. The monoisotopic (exact) mass is 405 g/mol. The number of alkyl halides is 3. The Bertz CT molecular complexity index is 772. The molecule has 156 valence electrons. The van der Waals surface area contributed by atoms with Crippen molar-refractivity contribution in [3.63, 3.8) is 0 Å². The minimum Gasteiger partial charge on any atom is -0.386 e. The van der Waals surface area contributed by atoms with Gasteiger partial charge in [0.25, 0.3) is 5.95 Å². The molecule has 0 saturated carbocycles. The Morgan fingerprint density at radius 1 is 1.18 bits per heavy atom. The SMILES string of the molecule is CC=C(Nc1nc(NOC(C)(C)C)nc(C2=C(F)C(O)CCC2)n1)C(F)(F)F. The van der Waals surface area contributed by atoms with Gasteiger partial charge >= 0.3 is 6.18 Å². The van der Waals surface area contributed by atoms with Crippen molar-refractivity contribution in [3.05, 3.63) is 23.4 Å². The predicted molar refractivity (Wildman–Crippen MR) is 95.6 cm³/mol. The summed E-state index contributed by atoms with van der Waals surface area (Å²) in [7, 11) is 0. The summed E-state index contributed by atoms with van der Waals surface area (Å²) in [5.41, 5.74) is 0.750. The van der Waals surface area contributed by atoms with Gasteiger partial charge in [-0.15, -0.1) is 0 Å². The van der Waals surface area contributed by atoms with Crippen molar-refractivity contribution in [2.75, 3.05) is 10.8 Å². The van der Waals surface area contributed by atoms with Crippen LogP contribution in [0.15, 0.2) is 17.6 Å². The number of allylic oxidation sites excluding steroid dienone is 3. The van der Waals surface area contributed by atoms with Crippen LogP contribution in [0.25, 0.3) is 5.57 Å². The lowest BCUT2D eigenvalue weighted by Gasteiger charge is -2.21. The molecular formula is C17H23F4N5O2. The van der Waals surface area contributed by atoms with E-state index in [1.807, 2.05) is 0 Å². The maximum atomic E-state index is 14.3. The average molecular weight is 405 g/mol. The normalized spacial score (nSPS) is 19.0. The second-order valence-corrected chi connectivity index (χ2v) is 7.18. The predicted octanol–water partition coefficient (Wildman–Crippen LogP) is 4.12. The molecule has 0 fully saturated rings. The van der Waals surface area contributed by atoms with Crippen LogP contribution in [-0.2, 0) is 4.84 Å². The van der Waals surface area contributed by atoms with E-state index in [0.29, 0.717) is 6.42 Å². The first-order valence-electron chi connectivity index (χ1n) is 8.68. The molecule has 2 rings (SSSR count). The number of halogens is 4. The van der Waals surface area contributed by atoms with Gasteiger partial charge in [-0.2, -0.15) is 28.1 Å². The van der Waals surface area contributed by atoms with Gasteiger partial charge in [-0.25, -0.2) is 9.87 Å². The summed E-state index contributed by atoms with van der Waals surface area (Å²) in [5, 5.41) is 11.8.